The van der Waals surface area contributed by atoms with E-state index >= 15 is 0 Å². The maximum atomic E-state index is 10.8. The molecular formula is C12H11NO6. The Kier molecular flexibility index (Phi) is 3.28. The fourth-order valence-electron chi connectivity index (χ4n) is 1.58. The van der Waals surface area contributed by atoms with Crippen molar-refractivity contribution < 1.29 is 29.0 Å². The molecule has 0 aliphatic carbocycles. The first-order valence-electron chi connectivity index (χ1n) is 5.22. The van der Waals surface area contributed by atoms with Crippen molar-refractivity contribution in [3.8, 4) is 28.6 Å². The molecule has 19 heavy (non-hydrogen) atoms. The molecule has 1 aromatic heterocycles. The van der Waals surface area contributed by atoms with E-state index in [1.807, 2.05) is 0 Å². The van der Waals surface area contributed by atoms with Crippen molar-refractivity contribution in [2.24, 2.45) is 0 Å². The standard InChI is InChI=1S/C12H11NO6/c1-17-9-5-8(14)11(18-2)3-6(9)10-4-7(12(15)16)13-19-10/h3-5,14H,1-2H3,(H,15,16). The first kappa shape index (κ1) is 12.7. The van der Waals surface area contributed by atoms with Crippen LogP contribution in [0.25, 0.3) is 11.3 Å². The lowest BCUT2D eigenvalue weighted by Crippen LogP contribution is -1.94. The van der Waals surface area contributed by atoms with Crippen LogP contribution in [0.4, 0.5) is 0 Å². The molecule has 2 rings (SSSR count). The lowest BCUT2D eigenvalue weighted by molar-refractivity contribution is 0.0686. The number of carbonyl (C=O) groups is 1. The van der Waals surface area contributed by atoms with Crippen molar-refractivity contribution >= 4 is 5.97 Å². The third-order valence-corrected chi connectivity index (χ3v) is 2.50. The Labute approximate surface area is 108 Å². The summed E-state index contributed by atoms with van der Waals surface area (Å²) in [5, 5.41) is 21.9. The van der Waals surface area contributed by atoms with Gasteiger partial charge < -0.3 is 24.2 Å². The fraction of sp³-hybridized carbons (Fsp3) is 0.167. The summed E-state index contributed by atoms with van der Waals surface area (Å²) in [4.78, 5) is 10.8. The second kappa shape index (κ2) is 4.89. The third kappa shape index (κ3) is 2.30. The first-order valence-corrected chi connectivity index (χ1v) is 5.22. The minimum absolute atomic E-state index is 0.0962. The Balaban J connectivity index is 2.55. The second-order valence-corrected chi connectivity index (χ2v) is 3.61. The van der Waals surface area contributed by atoms with Gasteiger partial charge in [-0.3, -0.25) is 0 Å². The van der Waals surface area contributed by atoms with Gasteiger partial charge in [0.1, 0.15) is 5.75 Å². The number of rotatable bonds is 4. The number of aromatic nitrogens is 1. The van der Waals surface area contributed by atoms with Gasteiger partial charge in [0.2, 0.25) is 0 Å². The molecule has 2 aromatic rings. The predicted molar refractivity (Wildman–Crippen MR) is 63.7 cm³/mol. The number of nitrogens with zero attached hydrogens (tertiary/aromatic N) is 1. The van der Waals surface area contributed by atoms with E-state index in [0.29, 0.717) is 11.3 Å². The van der Waals surface area contributed by atoms with Crippen LogP contribution in [0.5, 0.6) is 17.2 Å². The highest BCUT2D eigenvalue weighted by atomic mass is 16.5. The van der Waals surface area contributed by atoms with E-state index in [9.17, 15) is 9.90 Å². The second-order valence-electron chi connectivity index (χ2n) is 3.61. The van der Waals surface area contributed by atoms with Gasteiger partial charge in [0.05, 0.1) is 19.8 Å². The van der Waals surface area contributed by atoms with E-state index in [-0.39, 0.29) is 23.0 Å². The molecule has 7 nitrogen and oxygen atoms in total. The quantitative estimate of drug-likeness (QED) is 0.868. The number of methoxy groups -OCH3 is 2. The number of benzene rings is 1. The highest BCUT2D eigenvalue weighted by Crippen LogP contribution is 2.39. The van der Waals surface area contributed by atoms with Gasteiger partial charge in [-0.05, 0) is 6.07 Å². The van der Waals surface area contributed by atoms with Gasteiger partial charge in [0, 0.05) is 12.1 Å². The number of phenolic OH excluding ortho intramolecular Hbond substituents is 1. The zero-order valence-corrected chi connectivity index (χ0v) is 10.2. The van der Waals surface area contributed by atoms with Crippen molar-refractivity contribution in [2.75, 3.05) is 14.2 Å². The molecule has 2 N–H and O–H groups in total. The van der Waals surface area contributed by atoms with Gasteiger partial charge in [-0.25, -0.2) is 4.79 Å². The molecule has 7 heteroatoms. The van der Waals surface area contributed by atoms with Crippen LogP contribution in [-0.2, 0) is 0 Å². The summed E-state index contributed by atoms with van der Waals surface area (Å²) in [6, 6.07) is 4.08. The lowest BCUT2D eigenvalue weighted by Gasteiger charge is -2.09. The number of hydrogen-bond acceptors (Lipinski definition) is 6. The van der Waals surface area contributed by atoms with Gasteiger partial charge in [-0.2, -0.15) is 0 Å². The molecule has 0 spiro atoms. The smallest absolute Gasteiger partial charge is 0.358 e. The van der Waals surface area contributed by atoms with Crippen LogP contribution < -0.4 is 9.47 Å². The van der Waals surface area contributed by atoms with Gasteiger partial charge in [0.25, 0.3) is 0 Å². The maximum Gasteiger partial charge on any atom is 0.358 e. The third-order valence-electron chi connectivity index (χ3n) is 2.50. The summed E-state index contributed by atoms with van der Waals surface area (Å²) >= 11 is 0. The van der Waals surface area contributed by atoms with E-state index in [2.05, 4.69) is 5.16 Å². The lowest BCUT2D eigenvalue weighted by atomic mass is 10.1. The molecule has 0 unspecified atom stereocenters. The SMILES string of the molecule is COc1cc(-c2cc(C(=O)O)no2)c(OC)cc1O. The van der Waals surface area contributed by atoms with Crippen molar-refractivity contribution in [2.45, 2.75) is 0 Å². The number of hydrogen-bond donors (Lipinski definition) is 2. The number of aromatic carboxylic acids is 1. The fourth-order valence-corrected chi connectivity index (χ4v) is 1.58. The monoisotopic (exact) mass is 265 g/mol. The predicted octanol–water partition coefficient (Wildman–Crippen LogP) is 1.76. The average molecular weight is 265 g/mol. The minimum atomic E-state index is -1.19. The summed E-state index contributed by atoms with van der Waals surface area (Å²) in [5.41, 5.74) is 0.209. The van der Waals surface area contributed by atoms with Gasteiger partial charge >= 0.3 is 5.97 Å². The number of phenols is 1. The number of carboxylic acid groups (broad SMARTS) is 1. The Bertz CT molecular complexity index is 619. The molecule has 0 amide bonds. The number of aromatic hydroxyl groups is 1. The molecule has 1 heterocycles. The van der Waals surface area contributed by atoms with Crippen LogP contribution >= 0.6 is 0 Å². The molecular weight excluding hydrogens is 254 g/mol. The van der Waals surface area contributed by atoms with E-state index in [0.717, 1.165) is 0 Å². The molecule has 0 bridgehead atoms. The molecule has 0 aliphatic heterocycles. The highest BCUT2D eigenvalue weighted by molar-refractivity contribution is 5.87. The normalized spacial score (nSPS) is 10.2. The van der Waals surface area contributed by atoms with Gasteiger partial charge in [0.15, 0.2) is 23.0 Å². The Morgan fingerprint density at radius 3 is 2.42 bits per heavy atom. The van der Waals surface area contributed by atoms with Crippen LogP contribution in [0.15, 0.2) is 22.7 Å². The van der Waals surface area contributed by atoms with E-state index in [1.165, 1.54) is 32.4 Å². The molecule has 0 fully saturated rings. The Morgan fingerprint density at radius 1 is 1.21 bits per heavy atom. The summed E-state index contributed by atoms with van der Waals surface area (Å²) in [7, 11) is 2.81. The van der Waals surface area contributed by atoms with Crippen molar-refractivity contribution in [3.63, 3.8) is 0 Å². The molecule has 0 saturated carbocycles. The van der Waals surface area contributed by atoms with E-state index < -0.39 is 5.97 Å². The van der Waals surface area contributed by atoms with Crippen LogP contribution in [0.3, 0.4) is 0 Å². The van der Waals surface area contributed by atoms with Crippen LogP contribution in [0.1, 0.15) is 10.5 Å². The van der Waals surface area contributed by atoms with Crippen LogP contribution in [0, 0.1) is 0 Å². The Morgan fingerprint density at radius 2 is 1.89 bits per heavy atom. The largest absolute Gasteiger partial charge is 0.504 e. The summed E-state index contributed by atoms with van der Waals surface area (Å²) < 4.78 is 15.0. The molecule has 100 valence electrons. The molecule has 1 aromatic carbocycles. The summed E-state index contributed by atoms with van der Waals surface area (Å²) in [5.74, 6) is -0.566. The average Bonchev–Trinajstić information content (AvgIpc) is 2.88. The van der Waals surface area contributed by atoms with E-state index in [4.69, 9.17) is 19.1 Å². The highest BCUT2D eigenvalue weighted by Gasteiger charge is 2.18. The number of ether oxygens (including phenoxy) is 2. The van der Waals surface area contributed by atoms with Crippen molar-refractivity contribution in [1.82, 2.24) is 5.16 Å². The van der Waals surface area contributed by atoms with Crippen LogP contribution in [-0.4, -0.2) is 35.6 Å². The summed E-state index contributed by atoms with van der Waals surface area (Å²) in [6.45, 7) is 0. The first-order chi connectivity index (χ1) is 9.06. The summed E-state index contributed by atoms with van der Waals surface area (Å²) in [6.07, 6.45) is 0. The van der Waals surface area contributed by atoms with Crippen molar-refractivity contribution in [1.29, 1.82) is 0 Å². The minimum Gasteiger partial charge on any atom is -0.504 e. The topological polar surface area (TPSA) is 102 Å². The molecule has 0 aliphatic rings. The van der Waals surface area contributed by atoms with Crippen molar-refractivity contribution in [3.05, 3.63) is 23.9 Å². The maximum absolute atomic E-state index is 10.8. The molecule has 0 atom stereocenters. The van der Waals surface area contributed by atoms with Gasteiger partial charge in [-0.15, -0.1) is 0 Å². The zero-order chi connectivity index (χ0) is 14.0. The van der Waals surface area contributed by atoms with Crippen LogP contribution in [0.2, 0.25) is 0 Å². The van der Waals surface area contributed by atoms with E-state index in [1.54, 1.807) is 0 Å². The molecule has 0 saturated heterocycles. The Hall–Kier alpha value is -2.70. The molecule has 0 radical (unpaired) electrons. The van der Waals surface area contributed by atoms with Gasteiger partial charge in [-0.1, -0.05) is 5.16 Å². The zero-order valence-electron chi connectivity index (χ0n) is 10.2. The number of carboxylic acids is 1.